The van der Waals surface area contributed by atoms with Gasteiger partial charge >= 0.3 is 0 Å². The lowest BCUT2D eigenvalue weighted by molar-refractivity contribution is -0.114. The average Bonchev–Trinajstić information content (AvgIpc) is 3.37. The molecule has 1 aromatic heterocycles. The number of hydrogen-bond donors (Lipinski definition) is 1. The number of aromatic nitrogens is 1. The molecule has 7 heteroatoms. The maximum atomic E-state index is 12.9. The fourth-order valence-electron chi connectivity index (χ4n) is 5.29. The second-order valence-electron chi connectivity index (χ2n) is 9.99. The monoisotopic (exact) mass is 487 g/mol. The summed E-state index contributed by atoms with van der Waals surface area (Å²) in [6.07, 6.45) is 10.5. The van der Waals surface area contributed by atoms with Crippen molar-refractivity contribution in [3.05, 3.63) is 57.9 Å². The molecule has 0 atom stereocenters. The third kappa shape index (κ3) is 4.66. The van der Waals surface area contributed by atoms with Gasteiger partial charge in [0.05, 0.1) is 5.57 Å². The number of aliphatic imine (C=N–C) groups is 1. The topological polar surface area (TPSA) is 73.8 Å². The molecule has 6 nitrogen and oxygen atoms in total. The van der Waals surface area contributed by atoms with Gasteiger partial charge in [-0.1, -0.05) is 38.2 Å². The van der Waals surface area contributed by atoms with Gasteiger partial charge in [-0.15, -0.1) is 0 Å². The highest BCUT2D eigenvalue weighted by atomic mass is 32.2. The van der Waals surface area contributed by atoms with E-state index in [0.29, 0.717) is 5.17 Å². The first-order valence-corrected chi connectivity index (χ1v) is 13.4. The van der Waals surface area contributed by atoms with Crippen LogP contribution < -0.4 is 0 Å². The maximum Gasteiger partial charge on any atom is 0.283 e. The Morgan fingerprint density at radius 3 is 2.60 bits per heavy atom. The number of thioether (sulfide) groups is 1. The molecule has 1 aliphatic carbocycles. The molecule has 0 bridgehead atoms. The summed E-state index contributed by atoms with van der Waals surface area (Å²) in [5.41, 5.74) is 6.91. The van der Waals surface area contributed by atoms with Gasteiger partial charge in [0.15, 0.2) is 5.84 Å². The van der Waals surface area contributed by atoms with E-state index in [9.17, 15) is 4.79 Å². The zero-order valence-corrected chi connectivity index (χ0v) is 21.8. The Bertz CT molecular complexity index is 1290. The van der Waals surface area contributed by atoms with Crippen LogP contribution in [0.25, 0.3) is 11.8 Å². The summed E-state index contributed by atoms with van der Waals surface area (Å²) in [6.45, 7) is 8.34. The molecule has 1 aromatic carbocycles. The second kappa shape index (κ2) is 9.61. The molecule has 1 N–H and O–H groups in total. The molecule has 2 aromatic rings. The molecule has 2 aliphatic heterocycles. The Kier molecular flexibility index (Phi) is 6.53. The number of aryl methyl sites for hydroxylation is 3. The van der Waals surface area contributed by atoms with Gasteiger partial charge in [-0.2, -0.15) is 15.1 Å². The van der Waals surface area contributed by atoms with Crippen molar-refractivity contribution in [3.8, 4) is 5.69 Å². The van der Waals surface area contributed by atoms with Crippen LogP contribution in [0.1, 0.15) is 73.0 Å². The van der Waals surface area contributed by atoms with Gasteiger partial charge in [0, 0.05) is 17.1 Å². The van der Waals surface area contributed by atoms with Crippen LogP contribution >= 0.6 is 11.8 Å². The molecule has 3 aliphatic rings. The number of carbonyl (C=O) groups excluding carboxylic acids is 1. The predicted octanol–water partition coefficient (Wildman–Crippen LogP) is 6.69. The number of benzene rings is 1. The molecular formula is C28H33N5OS. The van der Waals surface area contributed by atoms with Gasteiger partial charge in [-0.05, 0) is 99.2 Å². The van der Waals surface area contributed by atoms with Crippen molar-refractivity contribution < 1.29 is 4.79 Å². The first-order valence-electron chi connectivity index (χ1n) is 12.6. The summed E-state index contributed by atoms with van der Waals surface area (Å²) >= 11 is 1.44. The molecule has 3 heterocycles. The molecule has 1 fully saturated rings. The molecule has 5 rings (SSSR count). The fraction of sp³-hybridized carbons (Fsp3) is 0.429. The summed E-state index contributed by atoms with van der Waals surface area (Å²) in [6, 6.07) is 8.50. The number of rotatable bonds is 5. The van der Waals surface area contributed by atoms with Crippen molar-refractivity contribution in [1.82, 2.24) is 9.58 Å². The van der Waals surface area contributed by atoms with Gasteiger partial charge < -0.3 is 4.57 Å². The molecule has 1 amide bonds. The summed E-state index contributed by atoms with van der Waals surface area (Å²) in [7, 11) is 0. The zero-order valence-electron chi connectivity index (χ0n) is 21.0. The van der Waals surface area contributed by atoms with Gasteiger partial charge in [0.25, 0.3) is 5.91 Å². The Morgan fingerprint density at radius 2 is 1.86 bits per heavy atom. The van der Waals surface area contributed by atoms with Crippen LogP contribution in [0.2, 0.25) is 0 Å². The molecule has 1 saturated carbocycles. The minimum atomic E-state index is -0.367. The Labute approximate surface area is 211 Å². The highest BCUT2D eigenvalue weighted by Crippen LogP contribution is 2.33. The SMILES string of the molecule is Cc1ccc(-n2c(C)cc(/C=C3/C(=N)N4N=C(CCC5CCCCC5)SC4=NC3=O)c2C)cc1C. The van der Waals surface area contributed by atoms with E-state index >= 15 is 0 Å². The van der Waals surface area contributed by atoms with Crippen LogP contribution in [0.3, 0.4) is 0 Å². The van der Waals surface area contributed by atoms with Gasteiger partial charge in [-0.3, -0.25) is 10.2 Å². The third-order valence-electron chi connectivity index (χ3n) is 7.51. The summed E-state index contributed by atoms with van der Waals surface area (Å²) in [4.78, 5) is 17.2. The van der Waals surface area contributed by atoms with Crippen molar-refractivity contribution in [1.29, 1.82) is 5.41 Å². The van der Waals surface area contributed by atoms with Gasteiger partial charge in [0.2, 0.25) is 5.17 Å². The molecule has 0 spiro atoms. The molecular weight excluding hydrogens is 454 g/mol. The predicted molar refractivity (Wildman–Crippen MR) is 146 cm³/mol. The maximum absolute atomic E-state index is 12.9. The smallest absolute Gasteiger partial charge is 0.283 e. The Morgan fingerprint density at radius 1 is 1.09 bits per heavy atom. The van der Waals surface area contributed by atoms with Crippen molar-refractivity contribution in [2.45, 2.75) is 72.6 Å². The largest absolute Gasteiger partial charge is 0.318 e. The van der Waals surface area contributed by atoms with Crippen molar-refractivity contribution in [3.63, 3.8) is 0 Å². The quantitative estimate of drug-likeness (QED) is 0.477. The molecule has 0 saturated heterocycles. The first-order chi connectivity index (χ1) is 16.8. The standard InChI is InChI=1S/C28H33N5OS/c1-17-10-12-23(14-18(17)2)32-19(3)15-22(20(32)4)16-24-26(29)33-28(30-27(24)34)35-25(31-33)13-11-21-8-6-5-7-9-21/h10,12,14-16,21,29H,5-9,11,13H2,1-4H3/b24-16-,29-26?. The number of nitrogens with zero attached hydrogens (tertiary/aromatic N) is 4. The molecule has 35 heavy (non-hydrogen) atoms. The summed E-state index contributed by atoms with van der Waals surface area (Å²) < 4.78 is 2.19. The lowest BCUT2D eigenvalue weighted by atomic mass is 9.86. The minimum absolute atomic E-state index is 0.108. The summed E-state index contributed by atoms with van der Waals surface area (Å²) in [5, 5.41) is 16.4. The van der Waals surface area contributed by atoms with Gasteiger partial charge in [0.1, 0.15) is 5.04 Å². The van der Waals surface area contributed by atoms with Crippen LogP contribution in [0, 0.1) is 39.0 Å². The normalized spacial score (nSPS) is 19.9. The van der Waals surface area contributed by atoms with Crippen molar-refractivity contribution >= 4 is 39.8 Å². The van der Waals surface area contributed by atoms with Gasteiger partial charge in [-0.25, -0.2) is 0 Å². The number of amidine groups is 2. The average molecular weight is 488 g/mol. The Hall–Kier alpha value is -2.93. The highest BCUT2D eigenvalue weighted by molar-refractivity contribution is 8.26. The molecule has 0 unspecified atom stereocenters. The van der Waals surface area contributed by atoms with Crippen molar-refractivity contribution in [2.75, 3.05) is 0 Å². The van der Waals surface area contributed by atoms with E-state index in [0.717, 1.165) is 46.4 Å². The number of hydrogen-bond acceptors (Lipinski definition) is 4. The number of hydrazone groups is 1. The van der Waals surface area contributed by atoms with Crippen LogP contribution in [0.15, 0.2) is 39.9 Å². The number of nitrogens with one attached hydrogen (secondary N) is 1. The number of fused-ring (bicyclic) bond motifs is 1. The zero-order chi connectivity index (χ0) is 24.7. The van der Waals surface area contributed by atoms with E-state index < -0.39 is 0 Å². The lowest BCUT2D eigenvalue weighted by Gasteiger charge is -2.20. The van der Waals surface area contributed by atoms with Crippen LogP contribution in [0.4, 0.5) is 0 Å². The summed E-state index contributed by atoms with van der Waals surface area (Å²) in [5.74, 6) is 0.514. The molecule has 182 valence electrons. The van der Waals surface area contributed by atoms with E-state index in [1.165, 1.54) is 60.0 Å². The van der Waals surface area contributed by atoms with E-state index in [2.05, 4.69) is 59.7 Å². The lowest BCUT2D eigenvalue weighted by Crippen LogP contribution is -2.35. The van der Waals surface area contributed by atoms with E-state index in [-0.39, 0.29) is 17.3 Å². The van der Waals surface area contributed by atoms with E-state index in [4.69, 9.17) is 5.41 Å². The number of amides is 1. The van der Waals surface area contributed by atoms with Crippen LogP contribution in [0.5, 0.6) is 0 Å². The van der Waals surface area contributed by atoms with E-state index in [1.807, 2.05) is 6.92 Å². The highest BCUT2D eigenvalue weighted by Gasteiger charge is 2.35. The van der Waals surface area contributed by atoms with Crippen LogP contribution in [-0.4, -0.2) is 31.5 Å². The van der Waals surface area contributed by atoms with Crippen molar-refractivity contribution in [2.24, 2.45) is 16.0 Å². The minimum Gasteiger partial charge on any atom is -0.318 e. The van der Waals surface area contributed by atoms with E-state index in [1.54, 1.807) is 6.08 Å². The first kappa shape index (κ1) is 23.8. The van der Waals surface area contributed by atoms with Crippen LogP contribution in [-0.2, 0) is 4.79 Å². The fourth-order valence-corrected chi connectivity index (χ4v) is 6.19. The second-order valence-corrected chi connectivity index (χ2v) is 11.0. The third-order valence-corrected chi connectivity index (χ3v) is 8.47. The molecule has 0 radical (unpaired) electrons. The Balaban J connectivity index is 1.38. The number of carbonyl (C=O) groups is 1.